The number of carboxylic acid groups (broad SMARTS) is 1. The lowest BCUT2D eigenvalue weighted by molar-refractivity contribution is -0.142. The summed E-state index contributed by atoms with van der Waals surface area (Å²) < 4.78 is 0. The van der Waals surface area contributed by atoms with Crippen molar-refractivity contribution in [3.8, 4) is 0 Å². The number of carboxylic acids is 1. The van der Waals surface area contributed by atoms with E-state index in [0.717, 1.165) is 39.2 Å². The Morgan fingerprint density at radius 3 is 2.08 bits per heavy atom. The first-order valence-corrected chi connectivity index (χ1v) is 14.2. The Morgan fingerprint density at radius 2 is 1.62 bits per heavy atom. The number of aliphatic hydroxyl groups excluding tert-OH is 1. The number of aliphatic carboxylic acids is 1. The van der Waals surface area contributed by atoms with Crippen molar-refractivity contribution in [2.75, 3.05) is 13.7 Å². The highest BCUT2D eigenvalue weighted by Gasteiger charge is 2.20. The minimum absolute atomic E-state index is 0.165. The summed E-state index contributed by atoms with van der Waals surface area (Å²) in [5.41, 5.74) is 7.94. The second-order valence-corrected chi connectivity index (χ2v) is 10.1. The number of hydrogen-bond acceptors (Lipinski definition) is 4. The summed E-state index contributed by atoms with van der Waals surface area (Å²) in [4.78, 5) is 22.5. The van der Waals surface area contributed by atoms with Gasteiger partial charge < -0.3 is 21.3 Å². The van der Waals surface area contributed by atoms with E-state index in [0.29, 0.717) is 24.9 Å². The number of amides is 1. The molecule has 0 aliphatic heterocycles. The highest BCUT2D eigenvalue weighted by Crippen LogP contribution is 2.25. The number of aliphatic hydroxyl groups is 1. The van der Waals surface area contributed by atoms with Gasteiger partial charge in [0.15, 0.2) is 0 Å². The molecule has 2 aliphatic rings. The van der Waals surface area contributed by atoms with E-state index < -0.39 is 5.97 Å². The average Bonchev–Trinajstić information content (AvgIpc) is 3.74. The number of benzene rings is 1. The minimum atomic E-state index is -0.676. The number of allylic oxidation sites excluding steroid dienone is 1. The van der Waals surface area contributed by atoms with Gasteiger partial charge in [0.1, 0.15) is 0 Å². The van der Waals surface area contributed by atoms with Crippen LogP contribution in [0.1, 0.15) is 103 Å². The zero-order chi connectivity index (χ0) is 27.9. The van der Waals surface area contributed by atoms with Crippen molar-refractivity contribution >= 4 is 11.9 Å². The van der Waals surface area contributed by atoms with Gasteiger partial charge in [0.25, 0.3) is 0 Å². The summed E-state index contributed by atoms with van der Waals surface area (Å²) in [6.07, 6.45) is 15.3. The number of rotatable bonds is 11. The zero-order valence-electron chi connectivity index (χ0n) is 23.7. The van der Waals surface area contributed by atoms with Crippen LogP contribution in [0, 0.1) is 11.8 Å². The van der Waals surface area contributed by atoms with Gasteiger partial charge in [-0.05, 0) is 76.3 Å². The Balaban J connectivity index is 0.000000637. The average molecular weight is 519 g/mol. The first kappa shape index (κ1) is 34.8. The molecule has 1 aromatic carbocycles. The van der Waals surface area contributed by atoms with Gasteiger partial charge >= 0.3 is 5.97 Å². The predicted octanol–water partition coefficient (Wildman–Crippen LogP) is 6.27. The monoisotopic (exact) mass is 518 g/mol. The molecule has 2 saturated carbocycles. The fraction of sp³-hybridized carbons (Fsp3) is 0.677. The maximum absolute atomic E-state index is 12.0. The lowest BCUT2D eigenvalue weighted by atomic mass is 9.93. The van der Waals surface area contributed by atoms with Gasteiger partial charge in [-0.1, -0.05) is 81.5 Å². The number of carbonyl (C=O) groups is 2. The van der Waals surface area contributed by atoms with E-state index in [1.54, 1.807) is 0 Å². The van der Waals surface area contributed by atoms with Crippen LogP contribution in [0.5, 0.6) is 0 Å². The van der Waals surface area contributed by atoms with Gasteiger partial charge in [-0.25, -0.2) is 0 Å². The smallest absolute Gasteiger partial charge is 0.306 e. The fourth-order valence-corrected chi connectivity index (χ4v) is 4.28. The third kappa shape index (κ3) is 19.6. The van der Waals surface area contributed by atoms with Crippen LogP contribution in [0.4, 0.5) is 0 Å². The number of nitrogens with one attached hydrogen (secondary N) is 1. The lowest BCUT2D eigenvalue weighted by Crippen LogP contribution is -2.38. The molecule has 0 bridgehead atoms. The normalized spacial score (nSPS) is 16.2. The topological polar surface area (TPSA) is 113 Å². The van der Waals surface area contributed by atoms with E-state index in [-0.39, 0.29) is 11.8 Å². The van der Waals surface area contributed by atoms with Crippen molar-refractivity contribution in [1.82, 2.24) is 5.32 Å². The van der Waals surface area contributed by atoms with E-state index in [4.69, 9.17) is 15.9 Å². The second-order valence-electron chi connectivity index (χ2n) is 10.1. The lowest BCUT2D eigenvalue weighted by Gasteiger charge is -2.23. The van der Waals surface area contributed by atoms with Gasteiger partial charge in [0.05, 0.1) is 5.92 Å². The van der Waals surface area contributed by atoms with Gasteiger partial charge in [-0.3, -0.25) is 9.59 Å². The summed E-state index contributed by atoms with van der Waals surface area (Å²) in [5, 5.41) is 18.9. The van der Waals surface area contributed by atoms with Crippen molar-refractivity contribution in [1.29, 1.82) is 0 Å². The van der Waals surface area contributed by atoms with Crippen molar-refractivity contribution in [2.24, 2.45) is 17.6 Å². The molecular weight excluding hydrogens is 464 g/mol. The first-order valence-electron chi connectivity index (χ1n) is 14.2. The molecule has 6 nitrogen and oxygen atoms in total. The summed E-state index contributed by atoms with van der Waals surface area (Å²) in [6, 6.07) is 10.6. The van der Waals surface area contributed by atoms with E-state index in [1.807, 2.05) is 25.1 Å². The molecule has 1 amide bonds. The summed E-state index contributed by atoms with van der Waals surface area (Å²) in [5.74, 6) is 0.0369. The van der Waals surface area contributed by atoms with Crippen molar-refractivity contribution in [2.45, 2.75) is 110 Å². The molecule has 5 N–H and O–H groups in total. The zero-order valence-corrected chi connectivity index (χ0v) is 23.7. The first-order chi connectivity index (χ1) is 17.9. The van der Waals surface area contributed by atoms with Crippen LogP contribution in [-0.2, 0) is 16.0 Å². The fourth-order valence-electron chi connectivity index (χ4n) is 4.28. The predicted molar refractivity (Wildman–Crippen MR) is 154 cm³/mol. The number of aryl methyl sites for hydroxylation is 1. The number of hydrogen-bond donors (Lipinski definition) is 4. The van der Waals surface area contributed by atoms with Crippen molar-refractivity contribution in [3.05, 3.63) is 48.0 Å². The highest BCUT2D eigenvalue weighted by molar-refractivity contribution is 5.76. The third-order valence-corrected chi connectivity index (χ3v) is 6.93. The minimum Gasteiger partial charge on any atom is -0.481 e. The Morgan fingerprint density at radius 1 is 1.05 bits per heavy atom. The Hall–Kier alpha value is -2.18. The molecule has 2 aliphatic carbocycles. The Bertz CT molecular complexity index is 709. The molecule has 0 aromatic heterocycles. The molecule has 0 radical (unpaired) electrons. The number of nitrogens with two attached hydrogens (primary N) is 1. The molecule has 0 heterocycles. The van der Waals surface area contributed by atoms with Gasteiger partial charge in [0.2, 0.25) is 5.91 Å². The van der Waals surface area contributed by atoms with Crippen molar-refractivity contribution in [3.63, 3.8) is 0 Å². The summed E-state index contributed by atoms with van der Waals surface area (Å²) in [7, 11) is 1.00. The maximum Gasteiger partial charge on any atom is 0.306 e. The molecule has 37 heavy (non-hydrogen) atoms. The standard InChI is InChI=1S/C18H27NO.C8H17NO2.C4H6.CH4O/c1-15(17-11-7-2-3-8-12-17)19-18(20)14-13-16-9-5-4-6-10-16;1-2-7(8(10)11)5-3-4-6-9;1-4-2-3-4;1-2/h4-6,9-10,15,17H,2-3,7-8,11-14H2,1H3,(H,19,20);7H,2-6,9H2,1H3,(H,10,11);1-3H2;2H,1H3. The molecule has 0 saturated heterocycles. The van der Waals surface area contributed by atoms with Crippen LogP contribution in [0.2, 0.25) is 0 Å². The molecule has 2 unspecified atom stereocenters. The SMILES string of the molecule is C=C1CC1.CC(NC(=O)CCc1ccccc1)C1CCCCCC1.CCC(CCCCN)C(=O)O.CO. The number of carbonyl (C=O) groups excluding carboxylic acids is 1. The summed E-state index contributed by atoms with van der Waals surface area (Å²) in [6.45, 7) is 8.41. The van der Waals surface area contributed by atoms with E-state index in [2.05, 4.69) is 31.0 Å². The molecule has 6 heteroatoms. The van der Waals surface area contributed by atoms with Crippen LogP contribution in [0.25, 0.3) is 0 Å². The van der Waals surface area contributed by atoms with Crippen LogP contribution in [-0.4, -0.2) is 41.8 Å². The van der Waals surface area contributed by atoms with Gasteiger partial charge in [-0.15, -0.1) is 0 Å². The van der Waals surface area contributed by atoms with Crippen LogP contribution < -0.4 is 11.1 Å². The van der Waals surface area contributed by atoms with E-state index in [1.165, 1.54) is 62.5 Å². The van der Waals surface area contributed by atoms with Gasteiger partial charge in [0, 0.05) is 19.6 Å². The molecule has 0 spiro atoms. The Kier molecular flexibility index (Phi) is 21.6. The highest BCUT2D eigenvalue weighted by atomic mass is 16.4. The van der Waals surface area contributed by atoms with Gasteiger partial charge in [-0.2, -0.15) is 0 Å². The molecule has 2 fully saturated rings. The van der Waals surface area contributed by atoms with Crippen molar-refractivity contribution < 1.29 is 19.8 Å². The largest absolute Gasteiger partial charge is 0.481 e. The van der Waals surface area contributed by atoms with E-state index in [9.17, 15) is 9.59 Å². The van der Waals surface area contributed by atoms with Crippen LogP contribution in [0.3, 0.4) is 0 Å². The number of unbranched alkanes of at least 4 members (excludes halogenated alkanes) is 1. The second kappa shape index (κ2) is 23.0. The Labute approximate surface area is 226 Å². The van der Waals surface area contributed by atoms with E-state index >= 15 is 0 Å². The molecular formula is C31H54N2O4. The summed E-state index contributed by atoms with van der Waals surface area (Å²) >= 11 is 0. The molecule has 1 aromatic rings. The molecule has 2 atom stereocenters. The molecule has 212 valence electrons. The molecule has 3 rings (SSSR count). The van der Waals surface area contributed by atoms with Crippen LogP contribution in [0.15, 0.2) is 42.5 Å². The quantitative estimate of drug-likeness (QED) is 0.157. The third-order valence-electron chi connectivity index (χ3n) is 6.93. The maximum atomic E-state index is 12.0. The van der Waals surface area contributed by atoms with Crippen LogP contribution >= 0.6 is 0 Å².